The highest BCUT2D eigenvalue weighted by molar-refractivity contribution is 9.10. The second kappa shape index (κ2) is 9.82. The maximum Gasteiger partial charge on any atom is 0.243 e. The number of amides is 1. The number of nitrogens with zero attached hydrogens (tertiary/aromatic N) is 2. The van der Waals surface area contributed by atoms with Crippen LogP contribution in [0.15, 0.2) is 33.6 Å². The summed E-state index contributed by atoms with van der Waals surface area (Å²) in [6, 6.07) is 6.40. The average molecular weight is 447 g/mol. The fourth-order valence-electron chi connectivity index (χ4n) is 2.95. The molecule has 0 N–H and O–H groups in total. The molecule has 1 heterocycles. The van der Waals surface area contributed by atoms with Gasteiger partial charge < -0.3 is 9.64 Å². The van der Waals surface area contributed by atoms with Gasteiger partial charge in [0.25, 0.3) is 0 Å². The van der Waals surface area contributed by atoms with Gasteiger partial charge in [-0.1, -0.05) is 22.9 Å². The normalized spacial score (nSPS) is 18.1. The van der Waals surface area contributed by atoms with Crippen LogP contribution in [0.1, 0.15) is 32.6 Å². The lowest BCUT2D eigenvalue weighted by Gasteiger charge is -2.31. The molecular weight excluding hydrogens is 420 g/mol. The van der Waals surface area contributed by atoms with E-state index in [1.807, 2.05) is 6.92 Å². The number of benzene rings is 1. The van der Waals surface area contributed by atoms with Crippen LogP contribution in [0.3, 0.4) is 0 Å². The van der Waals surface area contributed by atoms with E-state index in [9.17, 15) is 13.2 Å². The van der Waals surface area contributed by atoms with E-state index >= 15 is 0 Å². The lowest BCUT2D eigenvalue weighted by atomic mass is 10.1. The summed E-state index contributed by atoms with van der Waals surface area (Å²) >= 11 is 3.29. The predicted octanol–water partition coefficient (Wildman–Crippen LogP) is 2.88. The summed E-state index contributed by atoms with van der Waals surface area (Å²) in [6.07, 6.45) is 3.98. The van der Waals surface area contributed by atoms with Crippen molar-refractivity contribution in [1.29, 1.82) is 0 Å². The molecule has 1 aromatic rings. The van der Waals surface area contributed by atoms with Gasteiger partial charge in [-0.15, -0.1) is 0 Å². The molecule has 0 aromatic heterocycles. The lowest BCUT2D eigenvalue weighted by molar-refractivity contribution is -0.134. The largest absolute Gasteiger partial charge is 0.376 e. The number of hydrogen-bond donors (Lipinski definition) is 0. The standard InChI is InChI=1S/C18H27BrN2O4S/c1-3-11-21(13-16-6-4-5-12-25-16)18(22)14-20(2)26(23,24)17-9-7-15(19)8-10-17/h7-10,16H,3-6,11-14H2,1-2H3. The maximum absolute atomic E-state index is 12.7. The van der Waals surface area contributed by atoms with Gasteiger partial charge in [-0.05, 0) is 49.9 Å². The molecule has 0 aliphatic carbocycles. The van der Waals surface area contributed by atoms with Gasteiger partial charge in [0, 0.05) is 31.2 Å². The first-order valence-corrected chi connectivity index (χ1v) is 11.2. The minimum atomic E-state index is -3.70. The van der Waals surface area contributed by atoms with E-state index in [1.165, 1.54) is 19.2 Å². The third kappa shape index (κ3) is 5.77. The SMILES string of the molecule is CCCN(CC1CCCCO1)C(=O)CN(C)S(=O)(=O)c1ccc(Br)cc1. The number of likely N-dealkylation sites (N-methyl/N-ethyl adjacent to an activating group) is 1. The van der Waals surface area contributed by atoms with E-state index in [-0.39, 0.29) is 23.5 Å². The second-order valence-electron chi connectivity index (χ2n) is 6.54. The molecule has 1 unspecified atom stereocenters. The fourth-order valence-corrected chi connectivity index (χ4v) is 4.33. The Bertz CT molecular complexity index is 688. The van der Waals surface area contributed by atoms with E-state index < -0.39 is 10.0 Å². The summed E-state index contributed by atoms with van der Waals surface area (Å²) in [5, 5.41) is 0. The fraction of sp³-hybridized carbons (Fsp3) is 0.611. The first kappa shape index (κ1) is 21.3. The van der Waals surface area contributed by atoms with Crippen LogP contribution >= 0.6 is 15.9 Å². The molecule has 1 atom stereocenters. The van der Waals surface area contributed by atoms with Crippen molar-refractivity contribution in [2.45, 2.75) is 43.6 Å². The topological polar surface area (TPSA) is 66.9 Å². The van der Waals surface area contributed by atoms with Crippen LogP contribution in [0.5, 0.6) is 0 Å². The number of ether oxygens (including phenoxy) is 1. The predicted molar refractivity (Wildman–Crippen MR) is 104 cm³/mol. The first-order valence-electron chi connectivity index (χ1n) is 8.96. The molecular formula is C18H27BrN2O4S. The summed E-state index contributed by atoms with van der Waals surface area (Å²) in [5.41, 5.74) is 0. The van der Waals surface area contributed by atoms with Crippen molar-refractivity contribution >= 4 is 31.9 Å². The molecule has 1 saturated heterocycles. The highest BCUT2D eigenvalue weighted by Gasteiger charge is 2.26. The number of sulfonamides is 1. The van der Waals surface area contributed by atoms with Crippen molar-refractivity contribution < 1.29 is 17.9 Å². The van der Waals surface area contributed by atoms with E-state index in [0.717, 1.165) is 41.1 Å². The van der Waals surface area contributed by atoms with Crippen molar-refractivity contribution in [3.63, 3.8) is 0 Å². The third-order valence-electron chi connectivity index (χ3n) is 4.42. The van der Waals surface area contributed by atoms with Crippen molar-refractivity contribution in [2.24, 2.45) is 0 Å². The Morgan fingerprint density at radius 3 is 2.54 bits per heavy atom. The summed E-state index contributed by atoms with van der Waals surface area (Å²) in [5.74, 6) is -0.191. The second-order valence-corrected chi connectivity index (χ2v) is 9.50. The highest BCUT2D eigenvalue weighted by atomic mass is 79.9. The van der Waals surface area contributed by atoms with Gasteiger partial charge in [-0.2, -0.15) is 4.31 Å². The molecule has 26 heavy (non-hydrogen) atoms. The Morgan fingerprint density at radius 1 is 1.27 bits per heavy atom. The minimum absolute atomic E-state index is 0.0487. The number of carbonyl (C=O) groups excluding carboxylic acids is 1. The quantitative estimate of drug-likeness (QED) is 0.615. The van der Waals surface area contributed by atoms with Gasteiger partial charge in [0.15, 0.2) is 0 Å². The van der Waals surface area contributed by atoms with Gasteiger partial charge in [0.1, 0.15) is 0 Å². The number of carbonyl (C=O) groups is 1. The molecule has 146 valence electrons. The first-order chi connectivity index (χ1) is 12.3. The monoisotopic (exact) mass is 446 g/mol. The molecule has 0 saturated carbocycles. The van der Waals surface area contributed by atoms with Gasteiger partial charge in [0.2, 0.25) is 15.9 Å². The zero-order chi connectivity index (χ0) is 19.2. The van der Waals surface area contributed by atoms with E-state index in [4.69, 9.17) is 4.74 Å². The van der Waals surface area contributed by atoms with Crippen molar-refractivity contribution in [3.05, 3.63) is 28.7 Å². The van der Waals surface area contributed by atoms with E-state index in [1.54, 1.807) is 17.0 Å². The van der Waals surface area contributed by atoms with Crippen LogP contribution in [0.25, 0.3) is 0 Å². The summed E-state index contributed by atoms with van der Waals surface area (Å²) < 4.78 is 33.0. The molecule has 1 aromatic carbocycles. The van der Waals surface area contributed by atoms with Crippen LogP contribution in [0.4, 0.5) is 0 Å². The number of rotatable bonds is 8. The van der Waals surface area contributed by atoms with Gasteiger partial charge in [0.05, 0.1) is 17.5 Å². The Labute approximate surface area is 164 Å². The molecule has 1 fully saturated rings. The summed E-state index contributed by atoms with van der Waals surface area (Å²) in [6.45, 7) is 3.69. The Kier molecular flexibility index (Phi) is 8.06. The summed E-state index contributed by atoms with van der Waals surface area (Å²) in [4.78, 5) is 14.6. The third-order valence-corrected chi connectivity index (χ3v) is 6.77. The zero-order valence-electron chi connectivity index (χ0n) is 15.4. The van der Waals surface area contributed by atoms with E-state index in [2.05, 4.69) is 15.9 Å². The van der Waals surface area contributed by atoms with Crippen LogP contribution in [-0.4, -0.2) is 62.9 Å². The highest BCUT2D eigenvalue weighted by Crippen LogP contribution is 2.18. The van der Waals surface area contributed by atoms with Crippen LogP contribution < -0.4 is 0 Å². The van der Waals surface area contributed by atoms with Crippen LogP contribution in [0.2, 0.25) is 0 Å². The molecule has 1 amide bonds. The van der Waals surface area contributed by atoms with Crippen molar-refractivity contribution in [3.8, 4) is 0 Å². The van der Waals surface area contributed by atoms with Gasteiger partial charge in [-0.3, -0.25) is 4.79 Å². The van der Waals surface area contributed by atoms with E-state index in [0.29, 0.717) is 13.1 Å². The number of halogens is 1. The lowest BCUT2D eigenvalue weighted by Crippen LogP contribution is -2.45. The Morgan fingerprint density at radius 2 is 1.96 bits per heavy atom. The molecule has 0 spiro atoms. The van der Waals surface area contributed by atoms with Crippen molar-refractivity contribution in [2.75, 3.05) is 33.3 Å². The smallest absolute Gasteiger partial charge is 0.243 e. The summed E-state index contributed by atoms with van der Waals surface area (Å²) in [7, 11) is -2.26. The molecule has 1 aliphatic rings. The Balaban J connectivity index is 2.03. The average Bonchev–Trinajstić information content (AvgIpc) is 2.62. The molecule has 0 bridgehead atoms. The molecule has 6 nitrogen and oxygen atoms in total. The maximum atomic E-state index is 12.7. The molecule has 1 aliphatic heterocycles. The molecule has 0 radical (unpaired) electrons. The van der Waals surface area contributed by atoms with Crippen molar-refractivity contribution in [1.82, 2.24) is 9.21 Å². The number of hydrogen-bond acceptors (Lipinski definition) is 4. The molecule has 2 rings (SSSR count). The van der Waals surface area contributed by atoms with Crippen LogP contribution in [0, 0.1) is 0 Å². The Hall–Kier alpha value is -0.960. The van der Waals surface area contributed by atoms with Crippen LogP contribution in [-0.2, 0) is 19.6 Å². The van der Waals surface area contributed by atoms with Gasteiger partial charge in [-0.25, -0.2) is 8.42 Å². The van der Waals surface area contributed by atoms with Gasteiger partial charge >= 0.3 is 0 Å². The molecule has 8 heteroatoms. The minimum Gasteiger partial charge on any atom is -0.376 e. The zero-order valence-corrected chi connectivity index (χ0v) is 17.8.